The number of aryl methyl sites for hydroxylation is 1. The fourth-order valence-corrected chi connectivity index (χ4v) is 5.87. The van der Waals surface area contributed by atoms with Gasteiger partial charge < -0.3 is 14.8 Å². The number of nitrogens with one attached hydrogen (secondary N) is 2. The van der Waals surface area contributed by atoms with Gasteiger partial charge >= 0.3 is 0 Å². The maximum atomic E-state index is 13.2. The Bertz CT molecular complexity index is 1050. The van der Waals surface area contributed by atoms with E-state index in [0.29, 0.717) is 6.54 Å². The third kappa shape index (κ3) is 5.10. The number of benzene rings is 2. The molecule has 0 bridgehead atoms. The van der Waals surface area contributed by atoms with Crippen LogP contribution in [0.3, 0.4) is 0 Å². The fourth-order valence-electron chi connectivity index (χ4n) is 3.96. The molecule has 0 saturated carbocycles. The Morgan fingerprint density at radius 1 is 1.03 bits per heavy atom. The van der Waals surface area contributed by atoms with Crippen molar-refractivity contribution < 1.29 is 17.9 Å². The van der Waals surface area contributed by atoms with Gasteiger partial charge in [0.05, 0.1) is 10.9 Å². The molecular formula is C23H27BrN2O4S. The molecule has 2 aromatic carbocycles. The van der Waals surface area contributed by atoms with Crippen molar-refractivity contribution >= 4 is 26.0 Å². The quantitative estimate of drug-likeness (QED) is 0.625. The summed E-state index contributed by atoms with van der Waals surface area (Å²) < 4.78 is 42.3. The lowest BCUT2D eigenvalue weighted by molar-refractivity contribution is -0.145. The van der Waals surface area contributed by atoms with Crippen LogP contribution in [0.15, 0.2) is 70.1 Å². The van der Waals surface area contributed by atoms with Crippen LogP contribution in [-0.2, 0) is 26.0 Å². The standard InChI is InChI=1S/C23H27BrN2O4S/c1-15-9-11-17(12-10-15)31(27,28)26-20-19(25-14-16-7-5-4-6-8-16)13-18(24)21-22(20)30-23(2,3)29-21/h4-13,19-22,25-26H,14H2,1-3H3/t19-,20+,21+,22-/m0/s1. The van der Waals surface area contributed by atoms with Crippen molar-refractivity contribution in [3.63, 3.8) is 0 Å². The summed E-state index contributed by atoms with van der Waals surface area (Å²) in [7, 11) is -3.76. The lowest BCUT2D eigenvalue weighted by Gasteiger charge is -2.36. The highest BCUT2D eigenvalue weighted by Gasteiger charge is 2.51. The van der Waals surface area contributed by atoms with Gasteiger partial charge in [0, 0.05) is 17.1 Å². The van der Waals surface area contributed by atoms with Gasteiger partial charge in [0.25, 0.3) is 0 Å². The first-order valence-electron chi connectivity index (χ1n) is 10.2. The summed E-state index contributed by atoms with van der Waals surface area (Å²) in [4.78, 5) is 0.225. The number of hydrogen-bond donors (Lipinski definition) is 2. The molecular weight excluding hydrogens is 480 g/mol. The monoisotopic (exact) mass is 506 g/mol. The van der Waals surface area contributed by atoms with E-state index >= 15 is 0 Å². The Kier molecular flexibility index (Phi) is 6.40. The van der Waals surface area contributed by atoms with Gasteiger partial charge in [-0.2, -0.15) is 0 Å². The van der Waals surface area contributed by atoms with Gasteiger partial charge in [0.15, 0.2) is 5.79 Å². The summed E-state index contributed by atoms with van der Waals surface area (Å²) in [5.74, 6) is -0.815. The van der Waals surface area contributed by atoms with Gasteiger partial charge in [-0.1, -0.05) is 70.0 Å². The van der Waals surface area contributed by atoms with E-state index in [0.717, 1.165) is 15.6 Å². The summed E-state index contributed by atoms with van der Waals surface area (Å²) in [6.45, 7) is 6.19. The molecule has 2 aromatic rings. The first kappa shape index (κ1) is 22.6. The molecule has 0 aromatic heterocycles. The maximum absolute atomic E-state index is 13.2. The van der Waals surface area contributed by atoms with Crippen molar-refractivity contribution in [3.05, 3.63) is 76.3 Å². The molecule has 4 atom stereocenters. The molecule has 166 valence electrons. The van der Waals surface area contributed by atoms with Gasteiger partial charge in [-0.15, -0.1) is 0 Å². The molecule has 0 amide bonds. The molecule has 4 rings (SSSR count). The summed E-state index contributed by atoms with van der Waals surface area (Å²) in [5.41, 5.74) is 2.11. The molecule has 0 spiro atoms. The minimum absolute atomic E-state index is 0.225. The van der Waals surface area contributed by atoms with Gasteiger partial charge in [0.1, 0.15) is 12.2 Å². The van der Waals surface area contributed by atoms with Crippen molar-refractivity contribution in [2.24, 2.45) is 0 Å². The van der Waals surface area contributed by atoms with Gasteiger partial charge in [-0.05, 0) is 38.5 Å². The number of halogens is 1. The topological polar surface area (TPSA) is 76.7 Å². The van der Waals surface area contributed by atoms with Crippen LogP contribution in [0, 0.1) is 6.92 Å². The predicted molar refractivity (Wildman–Crippen MR) is 123 cm³/mol. The number of ether oxygens (including phenoxy) is 2. The van der Waals surface area contributed by atoms with Gasteiger partial charge in [0.2, 0.25) is 10.0 Å². The predicted octanol–water partition coefficient (Wildman–Crippen LogP) is 3.61. The summed E-state index contributed by atoms with van der Waals surface area (Å²) in [6.07, 6.45) is 1.11. The van der Waals surface area contributed by atoms with E-state index in [1.54, 1.807) is 24.3 Å². The second kappa shape index (κ2) is 8.77. The lowest BCUT2D eigenvalue weighted by Crippen LogP contribution is -2.59. The molecule has 1 heterocycles. The molecule has 1 fully saturated rings. The second-order valence-electron chi connectivity index (χ2n) is 8.42. The van der Waals surface area contributed by atoms with Crippen LogP contribution in [-0.4, -0.2) is 38.5 Å². The van der Waals surface area contributed by atoms with E-state index in [1.807, 2.05) is 57.2 Å². The fraction of sp³-hybridized carbons (Fsp3) is 0.391. The molecule has 6 nitrogen and oxygen atoms in total. The highest BCUT2D eigenvalue weighted by atomic mass is 79.9. The normalized spacial score (nSPS) is 27.5. The molecule has 2 N–H and O–H groups in total. The number of sulfonamides is 1. The molecule has 0 unspecified atom stereocenters. The van der Waals surface area contributed by atoms with E-state index in [4.69, 9.17) is 9.47 Å². The van der Waals surface area contributed by atoms with Gasteiger partial charge in [-0.3, -0.25) is 0 Å². The smallest absolute Gasteiger partial charge is 0.240 e. The highest BCUT2D eigenvalue weighted by Crippen LogP contribution is 2.40. The zero-order valence-electron chi connectivity index (χ0n) is 17.7. The van der Waals surface area contributed by atoms with Crippen LogP contribution in [0.4, 0.5) is 0 Å². The molecule has 1 aliphatic heterocycles. The Balaban J connectivity index is 1.63. The van der Waals surface area contributed by atoms with Crippen LogP contribution in [0.5, 0.6) is 0 Å². The highest BCUT2D eigenvalue weighted by molar-refractivity contribution is 9.11. The molecule has 1 aliphatic carbocycles. The average Bonchev–Trinajstić information content (AvgIpc) is 3.06. The van der Waals surface area contributed by atoms with Gasteiger partial charge in [-0.25, -0.2) is 13.1 Å². The van der Waals surface area contributed by atoms with E-state index in [9.17, 15) is 8.42 Å². The molecule has 31 heavy (non-hydrogen) atoms. The van der Waals surface area contributed by atoms with E-state index < -0.39 is 28.0 Å². The average molecular weight is 507 g/mol. The molecule has 0 radical (unpaired) electrons. The summed E-state index contributed by atoms with van der Waals surface area (Å²) >= 11 is 3.61. The third-order valence-corrected chi connectivity index (χ3v) is 7.68. The zero-order valence-corrected chi connectivity index (χ0v) is 20.1. The van der Waals surface area contributed by atoms with Crippen molar-refractivity contribution in [1.82, 2.24) is 10.0 Å². The largest absolute Gasteiger partial charge is 0.342 e. The van der Waals surface area contributed by atoms with Crippen molar-refractivity contribution in [2.45, 2.75) is 62.3 Å². The van der Waals surface area contributed by atoms with E-state index in [1.165, 1.54) is 0 Å². The Hall–Kier alpha value is -1.55. The van der Waals surface area contributed by atoms with Crippen LogP contribution >= 0.6 is 15.9 Å². The van der Waals surface area contributed by atoms with Crippen molar-refractivity contribution in [1.29, 1.82) is 0 Å². The molecule has 1 saturated heterocycles. The molecule has 8 heteroatoms. The Labute approximate surface area is 192 Å². The van der Waals surface area contributed by atoms with E-state index in [-0.39, 0.29) is 17.0 Å². The Morgan fingerprint density at radius 2 is 1.71 bits per heavy atom. The minimum Gasteiger partial charge on any atom is -0.342 e. The van der Waals surface area contributed by atoms with Crippen LogP contribution in [0.25, 0.3) is 0 Å². The zero-order chi connectivity index (χ0) is 22.2. The first-order chi connectivity index (χ1) is 14.6. The number of hydrogen-bond acceptors (Lipinski definition) is 5. The van der Waals surface area contributed by atoms with E-state index in [2.05, 4.69) is 26.0 Å². The minimum atomic E-state index is -3.76. The summed E-state index contributed by atoms with van der Waals surface area (Å²) in [6, 6.07) is 15.9. The third-order valence-electron chi connectivity index (χ3n) is 5.49. The van der Waals surface area contributed by atoms with Crippen molar-refractivity contribution in [3.8, 4) is 0 Å². The summed E-state index contributed by atoms with van der Waals surface area (Å²) in [5, 5.41) is 3.47. The SMILES string of the molecule is Cc1ccc(S(=O)(=O)N[C@H]2[C@@H]3OC(C)(C)O[C@@H]3C(Br)=C[C@@H]2NCc2ccccc2)cc1. The second-order valence-corrected chi connectivity index (χ2v) is 11.1. The van der Waals surface area contributed by atoms with Crippen LogP contribution in [0.1, 0.15) is 25.0 Å². The van der Waals surface area contributed by atoms with Crippen molar-refractivity contribution in [2.75, 3.05) is 0 Å². The van der Waals surface area contributed by atoms with Crippen LogP contribution < -0.4 is 10.0 Å². The first-order valence-corrected chi connectivity index (χ1v) is 12.5. The number of fused-ring (bicyclic) bond motifs is 1. The molecule has 2 aliphatic rings. The maximum Gasteiger partial charge on any atom is 0.240 e. The van der Waals surface area contributed by atoms with Crippen LogP contribution in [0.2, 0.25) is 0 Å². The lowest BCUT2D eigenvalue weighted by atomic mass is 9.92. The number of rotatable bonds is 6. The Morgan fingerprint density at radius 3 is 2.39 bits per heavy atom.